The van der Waals surface area contributed by atoms with Crippen molar-refractivity contribution >= 4 is 43.1 Å². The molecule has 2 aliphatic heterocycles. The number of benzene rings is 1. The number of hydrogen-bond acceptors (Lipinski definition) is 9. The molecular weight excluding hydrogens is 589 g/mol. The lowest BCUT2D eigenvalue weighted by atomic mass is 10.0. The second-order valence-corrected chi connectivity index (χ2v) is 13.1. The van der Waals surface area contributed by atoms with Crippen LogP contribution in [0.4, 0.5) is 10.5 Å². The van der Waals surface area contributed by atoms with E-state index in [4.69, 9.17) is 4.52 Å². The number of phosphoric ester groups is 1. The number of fused-ring (bicyclic) bond motifs is 1. The zero-order chi connectivity index (χ0) is 30.7. The van der Waals surface area contributed by atoms with Crippen molar-refractivity contribution in [2.75, 3.05) is 19.4 Å². The van der Waals surface area contributed by atoms with Gasteiger partial charge in [0.25, 0.3) is 5.69 Å². The second kappa shape index (κ2) is 16.2. The molecule has 5 unspecified atom stereocenters. The average Bonchev–Trinajstić information content (AvgIpc) is 3.50. The molecule has 0 aromatic heterocycles. The number of phosphoric acid groups is 1. The Labute approximate surface area is 249 Å². The number of nitrogens with zero attached hydrogens (tertiary/aromatic N) is 1. The van der Waals surface area contributed by atoms with Crippen molar-refractivity contribution in [1.29, 1.82) is 0 Å². The molecule has 1 aromatic rings. The van der Waals surface area contributed by atoms with Gasteiger partial charge in [-0.2, -0.15) is 11.8 Å². The molecule has 2 fully saturated rings. The van der Waals surface area contributed by atoms with Gasteiger partial charge in [0.1, 0.15) is 0 Å². The van der Waals surface area contributed by atoms with Gasteiger partial charge in [0.2, 0.25) is 11.8 Å². The Morgan fingerprint density at radius 2 is 1.88 bits per heavy atom. The van der Waals surface area contributed by atoms with Gasteiger partial charge in [0.15, 0.2) is 0 Å². The molecule has 16 heteroatoms. The normalized spacial score (nSPS) is 21.5. The maximum atomic E-state index is 12.3. The molecule has 5 atom stereocenters. The highest BCUT2D eigenvalue weighted by atomic mass is 32.2. The summed E-state index contributed by atoms with van der Waals surface area (Å²) in [5.74, 6) is 0.772. The molecule has 14 nitrogen and oxygen atoms in total. The van der Waals surface area contributed by atoms with Crippen LogP contribution in [0.1, 0.15) is 75.5 Å². The van der Waals surface area contributed by atoms with Crippen LogP contribution in [0.25, 0.3) is 0 Å². The predicted octanol–water partition coefficient (Wildman–Crippen LogP) is 3.44. The molecule has 0 spiro atoms. The first-order chi connectivity index (χ1) is 20.0. The minimum Gasteiger partial charge on any atom is -0.356 e. The first-order valence-corrected chi connectivity index (χ1v) is 16.6. The van der Waals surface area contributed by atoms with Crippen molar-refractivity contribution in [1.82, 2.24) is 21.3 Å². The second-order valence-electron chi connectivity index (χ2n) is 10.4. The van der Waals surface area contributed by atoms with Crippen molar-refractivity contribution in [3.63, 3.8) is 0 Å². The van der Waals surface area contributed by atoms with Crippen molar-refractivity contribution in [2.24, 2.45) is 0 Å². The van der Waals surface area contributed by atoms with E-state index in [2.05, 4.69) is 25.8 Å². The number of amides is 4. The van der Waals surface area contributed by atoms with Crippen LogP contribution in [0, 0.1) is 10.1 Å². The molecule has 0 bridgehead atoms. The Hall–Kier alpha value is -2.71. The molecule has 0 saturated carbocycles. The zero-order valence-corrected chi connectivity index (χ0v) is 25.5. The van der Waals surface area contributed by atoms with Crippen LogP contribution in [-0.4, -0.2) is 64.4 Å². The topological polar surface area (TPSA) is 198 Å². The van der Waals surface area contributed by atoms with E-state index in [0.717, 1.165) is 45.0 Å². The lowest BCUT2D eigenvalue weighted by Crippen LogP contribution is -2.36. The highest BCUT2D eigenvalue weighted by Crippen LogP contribution is 2.48. The smallest absolute Gasteiger partial charge is 0.356 e. The van der Waals surface area contributed by atoms with Crippen LogP contribution in [0.2, 0.25) is 0 Å². The van der Waals surface area contributed by atoms with Crippen molar-refractivity contribution in [3.05, 3.63) is 39.4 Å². The Kier molecular flexibility index (Phi) is 13.1. The van der Waals surface area contributed by atoms with Gasteiger partial charge in [-0.15, -0.1) is 0 Å². The molecule has 1 aromatic carbocycles. The SMILES string of the molecule is COP(=O)(O)OC(C)c1cc(CNC(=O)CCCCCNC(=O)CCCCC2SCC3NC(=O)NC32)ccc1[N+](=O)[O-]. The summed E-state index contributed by atoms with van der Waals surface area (Å²) in [5, 5.41) is 23.4. The molecule has 234 valence electrons. The molecule has 5 N–H and O–H groups in total. The number of carbonyl (C=O) groups excluding carboxylic acids is 3. The standard InChI is InChI=1S/C26H40N5O9PS/c1-17(40-41(37,38)39-2)19-14-18(11-12-21(19)31(35)36)15-28-24(33)9-4-3-7-13-27-23(32)10-6-5-8-22-25-20(16-42-22)29-26(34)30-25/h11-12,14,17,20,22,25H,3-10,13,15-16H2,1-2H3,(H,27,32)(H,28,33)(H,37,38)(H2,29,30,34). The molecule has 0 radical (unpaired) electrons. The first kappa shape index (κ1) is 33.8. The number of carbonyl (C=O) groups is 3. The predicted molar refractivity (Wildman–Crippen MR) is 157 cm³/mol. The van der Waals surface area contributed by atoms with Gasteiger partial charge in [-0.3, -0.25) is 28.8 Å². The van der Waals surface area contributed by atoms with E-state index in [0.29, 0.717) is 36.6 Å². The van der Waals surface area contributed by atoms with Crippen LogP contribution in [-0.2, 0) is 29.7 Å². The zero-order valence-electron chi connectivity index (χ0n) is 23.8. The van der Waals surface area contributed by atoms with Gasteiger partial charge in [0, 0.05) is 50.1 Å². The number of hydrogen-bond donors (Lipinski definition) is 5. The fraction of sp³-hybridized carbons (Fsp3) is 0.654. The molecule has 4 amide bonds. The van der Waals surface area contributed by atoms with E-state index in [1.807, 2.05) is 11.8 Å². The largest absolute Gasteiger partial charge is 0.472 e. The lowest BCUT2D eigenvalue weighted by molar-refractivity contribution is -0.386. The minimum absolute atomic E-state index is 0.0201. The highest BCUT2D eigenvalue weighted by molar-refractivity contribution is 8.00. The minimum atomic E-state index is -4.36. The molecule has 42 heavy (non-hydrogen) atoms. The van der Waals surface area contributed by atoms with Crippen LogP contribution in [0.3, 0.4) is 0 Å². The molecular formula is C26H40N5O9PS. The van der Waals surface area contributed by atoms with Crippen LogP contribution in [0.15, 0.2) is 18.2 Å². The summed E-state index contributed by atoms with van der Waals surface area (Å²) in [6, 6.07) is 4.54. The molecule has 2 saturated heterocycles. The number of unbranched alkanes of at least 4 members (excludes halogenated alkanes) is 3. The lowest BCUT2D eigenvalue weighted by Gasteiger charge is -2.17. The summed E-state index contributed by atoms with van der Waals surface area (Å²) in [7, 11) is -3.37. The fourth-order valence-corrected chi connectivity index (χ4v) is 7.11. The van der Waals surface area contributed by atoms with Crippen LogP contribution in [0.5, 0.6) is 0 Å². The monoisotopic (exact) mass is 629 g/mol. The third-order valence-electron chi connectivity index (χ3n) is 7.22. The quantitative estimate of drug-likeness (QED) is 0.0527. The highest BCUT2D eigenvalue weighted by Gasteiger charge is 2.42. The van der Waals surface area contributed by atoms with Gasteiger partial charge in [0.05, 0.1) is 28.7 Å². The molecule has 0 aliphatic carbocycles. The summed E-state index contributed by atoms with van der Waals surface area (Å²) in [4.78, 5) is 56.2. The van der Waals surface area contributed by atoms with Crippen LogP contribution < -0.4 is 21.3 Å². The Morgan fingerprint density at radius 1 is 1.17 bits per heavy atom. The summed E-state index contributed by atoms with van der Waals surface area (Å²) in [6.07, 6.45) is 4.56. The summed E-state index contributed by atoms with van der Waals surface area (Å²) < 4.78 is 21.1. The first-order valence-electron chi connectivity index (χ1n) is 14.0. The third kappa shape index (κ3) is 10.5. The average molecular weight is 630 g/mol. The summed E-state index contributed by atoms with van der Waals surface area (Å²) in [6.45, 7) is 2.08. The number of nitrogens with one attached hydrogen (secondary N) is 4. The Balaban J connectivity index is 1.26. The van der Waals surface area contributed by atoms with Gasteiger partial charge in [-0.05, 0) is 44.2 Å². The van der Waals surface area contributed by atoms with E-state index in [-0.39, 0.29) is 47.7 Å². The van der Waals surface area contributed by atoms with Gasteiger partial charge < -0.3 is 26.2 Å². The molecule has 2 heterocycles. The Bertz CT molecular complexity index is 1170. The number of urea groups is 1. The number of rotatable bonds is 18. The van der Waals surface area contributed by atoms with E-state index < -0.39 is 18.8 Å². The van der Waals surface area contributed by atoms with Crippen molar-refractivity contribution in [3.8, 4) is 0 Å². The van der Waals surface area contributed by atoms with Crippen molar-refractivity contribution in [2.45, 2.75) is 88.3 Å². The molecule has 3 rings (SSSR count). The van der Waals surface area contributed by atoms with Crippen molar-refractivity contribution < 1.29 is 37.8 Å². The number of nitro groups is 1. The van der Waals surface area contributed by atoms with Crippen LogP contribution >= 0.6 is 19.6 Å². The Morgan fingerprint density at radius 3 is 2.60 bits per heavy atom. The summed E-state index contributed by atoms with van der Waals surface area (Å²) in [5.41, 5.74) is 0.378. The maximum Gasteiger partial charge on any atom is 0.472 e. The van der Waals surface area contributed by atoms with Gasteiger partial charge in [-0.25, -0.2) is 9.36 Å². The maximum absolute atomic E-state index is 12.3. The fourth-order valence-electron chi connectivity index (χ4n) is 4.97. The molecule has 2 aliphatic rings. The van der Waals surface area contributed by atoms with Gasteiger partial charge >= 0.3 is 13.9 Å². The van der Waals surface area contributed by atoms with E-state index in [1.165, 1.54) is 25.1 Å². The number of nitro benzene ring substituents is 1. The number of thioether (sulfide) groups is 1. The van der Waals surface area contributed by atoms with E-state index in [1.54, 1.807) is 0 Å². The summed E-state index contributed by atoms with van der Waals surface area (Å²) >= 11 is 1.87. The van der Waals surface area contributed by atoms with Gasteiger partial charge in [-0.1, -0.05) is 18.9 Å². The third-order valence-corrected chi connectivity index (χ3v) is 9.77. The van der Waals surface area contributed by atoms with E-state index in [9.17, 15) is 34.0 Å². The van der Waals surface area contributed by atoms with E-state index >= 15 is 0 Å².